The lowest BCUT2D eigenvalue weighted by atomic mass is 10.1. The van der Waals surface area contributed by atoms with Crippen LogP contribution in [0.25, 0.3) is 0 Å². The van der Waals surface area contributed by atoms with E-state index < -0.39 is 11.0 Å². The van der Waals surface area contributed by atoms with Gasteiger partial charge in [0.15, 0.2) is 11.5 Å². The summed E-state index contributed by atoms with van der Waals surface area (Å²) in [5, 5.41) is 20.4. The number of hydrogen-bond donors (Lipinski definition) is 1. The van der Waals surface area contributed by atoms with Gasteiger partial charge < -0.3 is 24.1 Å². The zero-order valence-corrected chi connectivity index (χ0v) is 15.6. The van der Waals surface area contributed by atoms with Crippen LogP contribution in [0, 0.1) is 15.5 Å². The van der Waals surface area contributed by atoms with Gasteiger partial charge in [-0.3, -0.25) is 15.5 Å². The van der Waals surface area contributed by atoms with E-state index >= 15 is 0 Å². The number of rotatable bonds is 5. The van der Waals surface area contributed by atoms with Crippen molar-refractivity contribution in [3.05, 3.63) is 27.8 Å². The minimum atomic E-state index is -0.650. The molecule has 0 aliphatic rings. The second-order valence-corrected chi connectivity index (χ2v) is 5.52. The Morgan fingerprint density at radius 3 is 2.15 bits per heavy atom. The summed E-state index contributed by atoms with van der Waals surface area (Å²) in [6, 6.07) is 2.74. The average Bonchev–Trinajstić information content (AvgIpc) is 2.59. The van der Waals surface area contributed by atoms with Crippen molar-refractivity contribution in [1.29, 1.82) is 5.41 Å². The van der Waals surface area contributed by atoms with Gasteiger partial charge in [-0.1, -0.05) is 0 Å². The number of amides is 1. The molecule has 0 spiro atoms. The zero-order chi connectivity index (χ0) is 20.0. The van der Waals surface area contributed by atoms with Gasteiger partial charge in [-0.05, 0) is 6.07 Å². The summed E-state index contributed by atoms with van der Waals surface area (Å²) in [5.41, 5.74) is 0.141. The second-order valence-electron chi connectivity index (χ2n) is 5.52. The molecule has 1 rings (SSSR count). The Kier molecular flexibility index (Phi) is 6.99. The van der Waals surface area contributed by atoms with E-state index in [-0.39, 0.29) is 23.9 Å². The van der Waals surface area contributed by atoms with Crippen molar-refractivity contribution in [2.75, 3.05) is 42.4 Å². The molecule has 1 aromatic carbocycles. The van der Waals surface area contributed by atoms with Crippen LogP contribution in [0.3, 0.4) is 0 Å². The van der Waals surface area contributed by atoms with Gasteiger partial charge in [-0.2, -0.15) is 5.06 Å². The topological polar surface area (TPSA) is 121 Å². The summed E-state index contributed by atoms with van der Waals surface area (Å²) in [5.74, 6) is 0.405. The van der Waals surface area contributed by atoms with Crippen LogP contribution in [0.5, 0.6) is 11.5 Å². The minimum Gasteiger partial charge on any atom is -0.493 e. The van der Waals surface area contributed by atoms with E-state index in [9.17, 15) is 14.9 Å². The summed E-state index contributed by atoms with van der Waals surface area (Å²) in [6.07, 6.45) is -0.650. The number of nitro groups is 1. The lowest BCUT2D eigenvalue weighted by molar-refractivity contribution is -0.385. The Labute approximate surface area is 151 Å². The van der Waals surface area contributed by atoms with Crippen molar-refractivity contribution in [1.82, 2.24) is 14.9 Å². The van der Waals surface area contributed by atoms with E-state index in [2.05, 4.69) is 0 Å². The first-order valence-corrected chi connectivity index (χ1v) is 7.44. The SMILES string of the molecule is COc1cc(CN(C)C(=N)N(C)OC(=O)N(C)C)c([N+](=O)[O-])cc1OC. The average molecular weight is 369 g/mol. The molecule has 0 bridgehead atoms. The van der Waals surface area contributed by atoms with Crippen molar-refractivity contribution in [2.24, 2.45) is 0 Å². The van der Waals surface area contributed by atoms with Crippen LogP contribution >= 0.6 is 0 Å². The molecule has 0 fully saturated rings. The van der Waals surface area contributed by atoms with Crippen LogP contribution in [-0.4, -0.2) is 74.2 Å². The number of ether oxygens (including phenoxy) is 2. The molecule has 0 radical (unpaired) electrons. The van der Waals surface area contributed by atoms with E-state index in [0.717, 1.165) is 5.06 Å². The molecule has 0 saturated heterocycles. The number of nitrogens with zero attached hydrogens (tertiary/aromatic N) is 4. The molecule has 0 unspecified atom stereocenters. The quantitative estimate of drug-likeness (QED) is 0.359. The molecule has 0 saturated carbocycles. The van der Waals surface area contributed by atoms with Gasteiger partial charge in [-0.15, -0.1) is 0 Å². The third kappa shape index (κ3) is 4.88. The Morgan fingerprint density at radius 2 is 1.69 bits per heavy atom. The fraction of sp³-hybridized carbons (Fsp3) is 0.467. The second kappa shape index (κ2) is 8.74. The van der Waals surface area contributed by atoms with Crippen LogP contribution in [0.4, 0.5) is 10.5 Å². The Balaban J connectivity index is 3.04. The van der Waals surface area contributed by atoms with Crippen LogP contribution in [-0.2, 0) is 11.4 Å². The number of carbonyl (C=O) groups is 1. The number of hydroxylamine groups is 2. The van der Waals surface area contributed by atoms with E-state index in [4.69, 9.17) is 19.7 Å². The fourth-order valence-corrected chi connectivity index (χ4v) is 2.02. The molecule has 0 aliphatic heterocycles. The highest BCUT2D eigenvalue weighted by molar-refractivity contribution is 5.77. The van der Waals surface area contributed by atoms with E-state index in [1.165, 1.54) is 57.3 Å². The molecule has 0 aromatic heterocycles. The Bertz CT molecular complexity index is 693. The van der Waals surface area contributed by atoms with E-state index in [0.29, 0.717) is 11.3 Å². The van der Waals surface area contributed by atoms with Crippen LogP contribution in [0.2, 0.25) is 0 Å². The van der Waals surface area contributed by atoms with E-state index in [1.54, 1.807) is 7.05 Å². The third-order valence-electron chi connectivity index (χ3n) is 3.43. The number of guanidine groups is 1. The number of nitrogens with one attached hydrogen (secondary N) is 1. The molecule has 11 nitrogen and oxygen atoms in total. The van der Waals surface area contributed by atoms with Gasteiger partial charge in [0.1, 0.15) is 0 Å². The maximum atomic E-state index is 11.6. The van der Waals surface area contributed by atoms with E-state index in [1.807, 2.05) is 0 Å². The number of carbonyl (C=O) groups excluding carboxylic acids is 1. The molecule has 0 atom stereocenters. The first-order valence-electron chi connectivity index (χ1n) is 7.44. The maximum Gasteiger partial charge on any atom is 0.433 e. The zero-order valence-electron chi connectivity index (χ0n) is 15.6. The molecule has 11 heteroatoms. The summed E-state index contributed by atoms with van der Waals surface area (Å²) >= 11 is 0. The lowest BCUT2D eigenvalue weighted by Crippen LogP contribution is -2.42. The summed E-state index contributed by atoms with van der Waals surface area (Å²) in [6.45, 7) is 0.0132. The fourth-order valence-electron chi connectivity index (χ4n) is 2.02. The lowest BCUT2D eigenvalue weighted by Gasteiger charge is -2.27. The van der Waals surface area contributed by atoms with Crippen molar-refractivity contribution in [3.63, 3.8) is 0 Å². The Hall–Kier alpha value is -3.24. The van der Waals surface area contributed by atoms with Gasteiger partial charge in [0.2, 0.25) is 5.96 Å². The molecular formula is C15H23N5O6. The van der Waals surface area contributed by atoms with Crippen molar-refractivity contribution < 1.29 is 24.0 Å². The molecule has 144 valence electrons. The van der Waals surface area contributed by atoms with Crippen molar-refractivity contribution in [2.45, 2.75) is 6.54 Å². The smallest absolute Gasteiger partial charge is 0.433 e. The summed E-state index contributed by atoms with van der Waals surface area (Å²) in [7, 11) is 8.77. The van der Waals surface area contributed by atoms with Gasteiger partial charge >= 0.3 is 6.09 Å². The highest BCUT2D eigenvalue weighted by Crippen LogP contribution is 2.35. The van der Waals surface area contributed by atoms with Crippen LogP contribution in [0.1, 0.15) is 5.56 Å². The van der Waals surface area contributed by atoms with Gasteiger partial charge in [0, 0.05) is 28.2 Å². The van der Waals surface area contributed by atoms with Crippen molar-refractivity contribution >= 4 is 17.7 Å². The Morgan fingerprint density at radius 1 is 1.15 bits per heavy atom. The minimum absolute atomic E-state index is 0.0132. The number of benzene rings is 1. The molecule has 1 amide bonds. The monoisotopic (exact) mass is 369 g/mol. The van der Waals surface area contributed by atoms with Crippen molar-refractivity contribution in [3.8, 4) is 11.5 Å². The molecule has 0 heterocycles. The number of hydrogen-bond acceptors (Lipinski definition) is 7. The molecule has 26 heavy (non-hydrogen) atoms. The summed E-state index contributed by atoms with van der Waals surface area (Å²) in [4.78, 5) is 29.9. The first-order chi connectivity index (χ1) is 12.1. The number of methoxy groups -OCH3 is 2. The largest absolute Gasteiger partial charge is 0.493 e. The summed E-state index contributed by atoms with van der Waals surface area (Å²) < 4.78 is 10.3. The third-order valence-corrected chi connectivity index (χ3v) is 3.43. The highest BCUT2D eigenvalue weighted by atomic mass is 16.7. The van der Waals surface area contributed by atoms with Crippen LogP contribution in [0.15, 0.2) is 12.1 Å². The molecular weight excluding hydrogens is 346 g/mol. The number of nitro benzene ring substituents is 1. The molecule has 1 aromatic rings. The normalized spacial score (nSPS) is 9.92. The van der Waals surface area contributed by atoms with Gasteiger partial charge in [-0.25, -0.2) is 4.79 Å². The highest BCUT2D eigenvalue weighted by Gasteiger charge is 2.23. The predicted octanol–water partition coefficient (Wildman–Crippen LogP) is 1.52. The molecule has 0 aliphatic carbocycles. The van der Waals surface area contributed by atoms with Gasteiger partial charge in [0.05, 0.1) is 37.3 Å². The predicted molar refractivity (Wildman–Crippen MR) is 93.3 cm³/mol. The standard InChI is InChI=1S/C15H23N5O6/c1-17(2)15(21)26-19(4)14(16)18(3)9-10-7-12(24-5)13(25-6)8-11(10)20(22)23/h7-8,16H,9H2,1-6H3. The first kappa shape index (κ1) is 20.8. The maximum absolute atomic E-state index is 11.6. The van der Waals surface area contributed by atoms with Gasteiger partial charge in [0.25, 0.3) is 5.69 Å². The molecule has 1 N–H and O–H groups in total. The van der Waals surface area contributed by atoms with Crippen LogP contribution < -0.4 is 9.47 Å².